The summed E-state index contributed by atoms with van der Waals surface area (Å²) in [6.45, 7) is 10.8. The van der Waals surface area contributed by atoms with E-state index in [2.05, 4.69) is 73.3 Å². The first kappa shape index (κ1) is 46.5. The fourth-order valence-corrected chi connectivity index (χ4v) is 11.8. The second-order valence-electron chi connectivity index (χ2n) is 20.7. The fraction of sp³-hybridized carbons (Fsp3) is 0.500. The molecule has 2 aliphatic carbocycles. The standard InChI is InChI=1S/C52H61N11O6S/c1-29-42(38-15-17-53-27-56-38)43(29)48(64)58-45-47(68-24-33-21-54-28-60(33)5)49-57-40(25-70-49)31-11-14-41-36(19-31)37(20-52(3,4)26-69-51(66)39-10-8-18-62(59-39)50(45)65)46(35-9-7-16-55-44(35)30(2)67-6)63(41)34-22-61(23-34)32-12-13-32/h7,9,11,14-17,19,21,25,27-30,32,34,39,42-43,45,47,59H,8,10,12-13,18,20,22-24,26H2,1-6H3,(H,58,64)/t29-,30-,39-,42-,43+,45-,47-/m0/s1. The molecule has 1 aromatic carbocycles. The van der Waals surface area contributed by atoms with Gasteiger partial charge in [-0.1, -0.05) is 26.8 Å². The summed E-state index contributed by atoms with van der Waals surface area (Å²) in [6, 6.07) is 11.4. The third-order valence-electron chi connectivity index (χ3n) is 15.1. The van der Waals surface area contributed by atoms with Gasteiger partial charge in [-0.25, -0.2) is 25.4 Å². The lowest BCUT2D eigenvalue weighted by molar-refractivity contribution is -0.157. The Morgan fingerprint density at radius 3 is 2.67 bits per heavy atom. The van der Waals surface area contributed by atoms with Crippen molar-refractivity contribution in [3.8, 4) is 22.5 Å². The summed E-state index contributed by atoms with van der Waals surface area (Å²) >= 11 is 1.38. The molecule has 18 heteroatoms. The first-order chi connectivity index (χ1) is 33.9. The van der Waals surface area contributed by atoms with Gasteiger partial charge in [0.15, 0.2) is 0 Å². The van der Waals surface area contributed by atoms with E-state index in [4.69, 9.17) is 24.2 Å². The predicted octanol–water partition coefficient (Wildman–Crippen LogP) is 6.49. The quantitative estimate of drug-likeness (QED) is 0.135. The van der Waals surface area contributed by atoms with Gasteiger partial charge in [0.1, 0.15) is 29.5 Å². The van der Waals surface area contributed by atoms with Crippen molar-refractivity contribution in [3.63, 3.8) is 0 Å². The van der Waals surface area contributed by atoms with Crippen LogP contribution in [0.25, 0.3) is 33.4 Å². The number of rotatable bonds is 11. The van der Waals surface area contributed by atoms with Crippen LogP contribution in [0.15, 0.2) is 73.0 Å². The number of hydrazine groups is 1. The maximum Gasteiger partial charge on any atom is 0.324 e. The number of thiazole rings is 1. The van der Waals surface area contributed by atoms with Crippen LogP contribution in [-0.2, 0) is 48.7 Å². The Labute approximate surface area is 411 Å². The first-order valence-corrected chi connectivity index (χ1v) is 25.5. The molecule has 70 heavy (non-hydrogen) atoms. The highest BCUT2D eigenvalue weighted by atomic mass is 32.1. The number of cyclic esters (lactones) is 1. The molecule has 0 spiro atoms. The molecule has 8 heterocycles. The zero-order chi connectivity index (χ0) is 48.4. The number of benzene rings is 1. The number of aromatic nitrogens is 7. The molecule has 0 unspecified atom stereocenters. The molecule has 366 valence electrons. The summed E-state index contributed by atoms with van der Waals surface area (Å²) < 4.78 is 23.4. The number of aryl methyl sites for hydroxylation is 1. The second-order valence-corrected chi connectivity index (χ2v) is 21.6. The SMILES string of the molecule is CO[C@@H](C)c1ncccc1-c1c2c3cc(ccc3n1C1CN(C3CC3)C1)-c1csc(n1)[C@@H](OCc1cncn1C)[C@H](NC(=O)[C@@H]1[C@@H](C)[C@H]1c1ccncn1)C(=O)N1CCC[C@H](N1)C(=O)OCC(C)(C)C2. The number of fused-ring (bicyclic) bond motifs is 6. The normalized spacial score (nSPS) is 25.5. The minimum Gasteiger partial charge on any atom is -0.464 e. The molecule has 7 atom stereocenters. The number of carbonyl (C=O) groups is 3. The molecule has 3 aliphatic heterocycles. The van der Waals surface area contributed by atoms with Gasteiger partial charge in [-0.2, -0.15) is 0 Å². The van der Waals surface area contributed by atoms with Crippen molar-refractivity contribution >= 4 is 40.0 Å². The summed E-state index contributed by atoms with van der Waals surface area (Å²) in [5.41, 5.74) is 11.1. The smallest absolute Gasteiger partial charge is 0.324 e. The van der Waals surface area contributed by atoms with Crippen LogP contribution >= 0.6 is 11.3 Å². The van der Waals surface area contributed by atoms with Crippen LogP contribution in [0.4, 0.5) is 0 Å². The lowest BCUT2D eigenvalue weighted by atomic mass is 9.84. The van der Waals surface area contributed by atoms with Crippen LogP contribution in [-0.4, -0.2) is 113 Å². The molecular formula is C52H61N11O6S. The van der Waals surface area contributed by atoms with E-state index in [-0.39, 0.29) is 43.1 Å². The number of esters is 1. The van der Waals surface area contributed by atoms with Gasteiger partial charge in [0.05, 0.1) is 60.7 Å². The fourth-order valence-electron chi connectivity index (χ4n) is 10.9. The van der Waals surface area contributed by atoms with Crippen molar-refractivity contribution in [3.05, 3.63) is 101 Å². The summed E-state index contributed by atoms with van der Waals surface area (Å²) in [5, 5.41) is 8.22. The molecule has 5 aliphatic rings. The summed E-state index contributed by atoms with van der Waals surface area (Å²) in [4.78, 5) is 69.6. The van der Waals surface area contributed by atoms with Crippen LogP contribution in [0.1, 0.15) is 105 Å². The van der Waals surface area contributed by atoms with Crippen molar-refractivity contribution in [1.82, 2.24) is 54.7 Å². The van der Waals surface area contributed by atoms with Crippen molar-refractivity contribution in [2.45, 2.75) is 109 Å². The Bertz CT molecular complexity index is 2920. The highest BCUT2D eigenvalue weighted by molar-refractivity contribution is 7.10. The van der Waals surface area contributed by atoms with E-state index in [0.717, 1.165) is 69.2 Å². The molecule has 2 saturated heterocycles. The van der Waals surface area contributed by atoms with Crippen molar-refractivity contribution in [2.75, 3.05) is 33.4 Å². The number of imidazole rings is 1. The van der Waals surface area contributed by atoms with Crippen LogP contribution in [0.5, 0.6) is 0 Å². The van der Waals surface area contributed by atoms with E-state index in [0.29, 0.717) is 36.9 Å². The number of hydrogen-bond donors (Lipinski definition) is 2. The Balaban J connectivity index is 1.05. The average molecular weight is 968 g/mol. The first-order valence-electron chi connectivity index (χ1n) is 24.6. The van der Waals surface area contributed by atoms with Gasteiger partial charge in [0, 0.05) is 103 Å². The van der Waals surface area contributed by atoms with Crippen molar-refractivity contribution in [1.29, 1.82) is 0 Å². The van der Waals surface area contributed by atoms with E-state index >= 15 is 4.79 Å². The molecular weight excluding hydrogens is 907 g/mol. The Morgan fingerprint density at radius 1 is 1.07 bits per heavy atom. The third-order valence-corrected chi connectivity index (χ3v) is 16.0. The van der Waals surface area contributed by atoms with Gasteiger partial charge in [-0.05, 0) is 80.8 Å². The van der Waals surface area contributed by atoms with Crippen LogP contribution in [0.3, 0.4) is 0 Å². The Hall–Kier alpha value is -5.92. The van der Waals surface area contributed by atoms with E-state index in [1.165, 1.54) is 35.5 Å². The molecule has 2 amide bonds. The number of nitrogens with one attached hydrogen (secondary N) is 2. The maximum atomic E-state index is 15.2. The Kier molecular flexibility index (Phi) is 12.4. The van der Waals surface area contributed by atoms with Gasteiger partial charge in [0.25, 0.3) is 5.91 Å². The molecule has 11 rings (SSSR count). The average Bonchev–Trinajstić information content (AvgIpc) is 4.16. The van der Waals surface area contributed by atoms with E-state index < -0.39 is 41.4 Å². The number of pyridine rings is 1. The topological polar surface area (TPSA) is 184 Å². The molecule has 5 aromatic heterocycles. The van der Waals surface area contributed by atoms with E-state index in [1.807, 2.05) is 49.2 Å². The van der Waals surface area contributed by atoms with Crippen LogP contribution in [0.2, 0.25) is 0 Å². The summed E-state index contributed by atoms with van der Waals surface area (Å²) in [5.74, 6) is -1.77. The molecule has 17 nitrogen and oxygen atoms in total. The van der Waals surface area contributed by atoms with Gasteiger partial charge in [-0.3, -0.25) is 29.3 Å². The predicted molar refractivity (Wildman–Crippen MR) is 262 cm³/mol. The molecule has 2 N–H and O–H groups in total. The minimum absolute atomic E-state index is 0.0225. The largest absolute Gasteiger partial charge is 0.464 e. The minimum atomic E-state index is -1.23. The number of likely N-dealkylation sites (tertiary alicyclic amines) is 1. The third kappa shape index (κ3) is 8.82. The second kappa shape index (κ2) is 18.7. The molecule has 2 saturated carbocycles. The van der Waals surface area contributed by atoms with Crippen molar-refractivity contribution in [2.24, 2.45) is 24.3 Å². The molecule has 0 radical (unpaired) electrons. The summed E-state index contributed by atoms with van der Waals surface area (Å²) in [6.07, 6.45) is 11.2. The highest BCUT2D eigenvalue weighted by Gasteiger charge is 2.54. The summed E-state index contributed by atoms with van der Waals surface area (Å²) in [7, 11) is 3.60. The number of ether oxygens (including phenoxy) is 3. The van der Waals surface area contributed by atoms with E-state index in [9.17, 15) is 9.59 Å². The zero-order valence-electron chi connectivity index (χ0n) is 40.6. The van der Waals surface area contributed by atoms with Crippen molar-refractivity contribution < 1.29 is 28.6 Å². The van der Waals surface area contributed by atoms with Gasteiger partial charge < -0.3 is 28.7 Å². The maximum absolute atomic E-state index is 15.2. The Morgan fingerprint density at radius 2 is 1.91 bits per heavy atom. The molecule has 6 bridgehead atoms. The molecule has 4 fully saturated rings. The lowest BCUT2D eigenvalue weighted by Gasteiger charge is -2.42. The number of carbonyl (C=O) groups excluding carboxylic acids is 3. The van der Waals surface area contributed by atoms with Gasteiger partial charge >= 0.3 is 5.97 Å². The van der Waals surface area contributed by atoms with Crippen LogP contribution < -0.4 is 10.7 Å². The van der Waals surface area contributed by atoms with Gasteiger partial charge in [0.2, 0.25) is 5.91 Å². The van der Waals surface area contributed by atoms with Crippen LogP contribution in [0, 0.1) is 17.3 Å². The molecule has 6 aromatic rings. The number of hydrogen-bond acceptors (Lipinski definition) is 14. The van der Waals surface area contributed by atoms with E-state index in [1.54, 1.807) is 25.8 Å². The number of nitrogens with zero attached hydrogens (tertiary/aromatic N) is 9. The highest BCUT2D eigenvalue weighted by Crippen LogP contribution is 2.53. The van der Waals surface area contributed by atoms with Gasteiger partial charge in [-0.15, -0.1) is 11.3 Å². The monoisotopic (exact) mass is 967 g/mol. The number of methoxy groups -OCH3 is 1. The lowest BCUT2D eigenvalue weighted by Crippen LogP contribution is -2.61. The zero-order valence-corrected chi connectivity index (χ0v) is 41.4. The number of amides is 2.